The van der Waals surface area contributed by atoms with Crippen LogP contribution >= 0.6 is 0 Å². The van der Waals surface area contributed by atoms with Crippen LogP contribution in [0, 0.1) is 0 Å². The minimum atomic E-state index is -0.873. The molecule has 0 aliphatic rings. The number of hydrogen-bond donors (Lipinski definition) is 5. The van der Waals surface area contributed by atoms with Gasteiger partial charge in [0.15, 0.2) is 0 Å². The number of nitrogens with one attached hydrogen (secondary N) is 1. The molecule has 1 aromatic rings. The summed E-state index contributed by atoms with van der Waals surface area (Å²) in [5, 5.41) is 21.2. The molecule has 94 valence electrons. The highest BCUT2D eigenvalue weighted by molar-refractivity contribution is 5.94. The molecule has 0 bridgehead atoms. The van der Waals surface area contributed by atoms with Crippen LogP contribution in [-0.4, -0.2) is 34.9 Å². The van der Waals surface area contributed by atoms with Crippen LogP contribution in [-0.2, 0) is 0 Å². The Bertz CT molecular complexity index is 416. The van der Waals surface area contributed by atoms with E-state index in [9.17, 15) is 4.79 Å². The number of nitrogens with two attached hydrogens (primary N) is 2. The van der Waals surface area contributed by atoms with Gasteiger partial charge in [0.05, 0.1) is 30.1 Å². The predicted molar refractivity (Wildman–Crippen MR) is 65.6 cm³/mol. The van der Waals surface area contributed by atoms with Crippen molar-refractivity contribution in [3.8, 4) is 0 Å². The van der Waals surface area contributed by atoms with Gasteiger partial charge in [-0.05, 0) is 25.1 Å². The number of amides is 1. The number of nitrogen functional groups attached to an aromatic ring is 1. The maximum Gasteiger partial charge on any atom is 0.248 e. The average Bonchev–Trinajstić information content (AvgIpc) is 2.31. The van der Waals surface area contributed by atoms with Gasteiger partial charge in [0.1, 0.15) is 0 Å². The van der Waals surface area contributed by atoms with Crippen molar-refractivity contribution in [1.29, 1.82) is 0 Å². The van der Waals surface area contributed by atoms with E-state index in [1.165, 1.54) is 12.1 Å². The first-order valence-corrected chi connectivity index (χ1v) is 5.11. The molecule has 1 amide bonds. The molecule has 0 radical (unpaired) electrons. The van der Waals surface area contributed by atoms with Gasteiger partial charge in [-0.25, -0.2) is 0 Å². The molecule has 0 fully saturated rings. The molecule has 6 heteroatoms. The Morgan fingerprint density at radius 1 is 1.41 bits per heavy atom. The summed E-state index contributed by atoms with van der Waals surface area (Å²) in [6, 6.07) is 4.55. The van der Waals surface area contributed by atoms with Crippen molar-refractivity contribution in [3.63, 3.8) is 0 Å². The summed E-state index contributed by atoms with van der Waals surface area (Å²) in [6.45, 7) is 1.15. The number of primary amides is 1. The minimum Gasteiger partial charge on any atom is -0.397 e. The standard InChI is InChI=1S/C11H17N3O3/c1-11(5-15,6-16)14-9-3-2-7(10(13)17)4-8(9)12/h2-4,14-16H,5-6,12H2,1H3,(H2,13,17). The zero-order chi connectivity index (χ0) is 13.1. The van der Waals surface area contributed by atoms with Crippen molar-refractivity contribution in [3.05, 3.63) is 23.8 Å². The summed E-state index contributed by atoms with van der Waals surface area (Å²) in [5.74, 6) is -0.560. The number of aliphatic hydroxyl groups is 2. The Labute approximate surface area is 99.2 Å². The van der Waals surface area contributed by atoms with Crippen molar-refractivity contribution >= 4 is 17.3 Å². The van der Waals surface area contributed by atoms with Crippen molar-refractivity contribution < 1.29 is 15.0 Å². The molecule has 0 aromatic heterocycles. The topological polar surface area (TPSA) is 122 Å². The summed E-state index contributed by atoms with van der Waals surface area (Å²) < 4.78 is 0. The monoisotopic (exact) mass is 239 g/mol. The lowest BCUT2D eigenvalue weighted by Gasteiger charge is -2.28. The summed E-state index contributed by atoms with van der Waals surface area (Å²) in [5.41, 5.74) is 11.2. The van der Waals surface area contributed by atoms with E-state index in [0.717, 1.165) is 0 Å². The summed E-state index contributed by atoms with van der Waals surface area (Å²) in [4.78, 5) is 10.9. The molecule has 0 spiro atoms. The quantitative estimate of drug-likeness (QED) is 0.444. The third-order valence-corrected chi connectivity index (χ3v) is 2.47. The van der Waals surface area contributed by atoms with Gasteiger partial charge < -0.3 is 27.0 Å². The van der Waals surface area contributed by atoms with Gasteiger partial charge in [0.2, 0.25) is 5.91 Å². The van der Waals surface area contributed by atoms with Gasteiger partial charge in [0.25, 0.3) is 0 Å². The maximum absolute atomic E-state index is 10.9. The molecule has 0 saturated carbocycles. The van der Waals surface area contributed by atoms with E-state index < -0.39 is 11.4 Å². The molecule has 6 nitrogen and oxygen atoms in total. The summed E-state index contributed by atoms with van der Waals surface area (Å²) >= 11 is 0. The fraction of sp³-hybridized carbons (Fsp3) is 0.364. The molecule has 0 heterocycles. The van der Waals surface area contributed by atoms with Crippen molar-refractivity contribution in [1.82, 2.24) is 0 Å². The smallest absolute Gasteiger partial charge is 0.248 e. The Balaban J connectivity index is 2.97. The highest BCUT2D eigenvalue weighted by Gasteiger charge is 2.22. The van der Waals surface area contributed by atoms with Crippen molar-refractivity contribution in [2.75, 3.05) is 24.3 Å². The Kier molecular flexibility index (Phi) is 3.93. The van der Waals surface area contributed by atoms with E-state index >= 15 is 0 Å². The molecule has 7 N–H and O–H groups in total. The van der Waals surface area contributed by atoms with Crippen LogP contribution in [0.25, 0.3) is 0 Å². The molecule has 0 aliphatic heterocycles. The number of aliphatic hydroxyl groups excluding tert-OH is 2. The van der Waals surface area contributed by atoms with E-state index in [1.807, 2.05) is 0 Å². The van der Waals surface area contributed by atoms with E-state index in [1.54, 1.807) is 13.0 Å². The van der Waals surface area contributed by atoms with E-state index in [-0.39, 0.29) is 13.2 Å². The number of rotatable bonds is 5. The minimum absolute atomic E-state index is 0.249. The number of benzene rings is 1. The lowest BCUT2D eigenvalue weighted by Crippen LogP contribution is -2.42. The molecule has 0 saturated heterocycles. The number of carbonyl (C=O) groups is 1. The summed E-state index contributed by atoms with van der Waals surface area (Å²) in [6.07, 6.45) is 0. The number of carbonyl (C=O) groups excluding carboxylic acids is 1. The highest BCUT2D eigenvalue weighted by atomic mass is 16.3. The van der Waals surface area contributed by atoms with E-state index in [2.05, 4.69) is 5.32 Å². The first kappa shape index (κ1) is 13.3. The van der Waals surface area contributed by atoms with E-state index in [0.29, 0.717) is 16.9 Å². The second-order valence-corrected chi connectivity index (χ2v) is 4.17. The Morgan fingerprint density at radius 3 is 2.41 bits per heavy atom. The SMILES string of the molecule is CC(CO)(CO)Nc1ccc(C(N)=O)cc1N. The van der Waals surface area contributed by atoms with Crippen LogP contribution in [0.4, 0.5) is 11.4 Å². The lowest BCUT2D eigenvalue weighted by atomic mass is 10.0. The number of hydrogen-bond acceptors (Lipinski definition) is 5. The fourth-order valence-electron chi connectivity index (χ4n) is 1.28. The molecule has 1 aromatic carbocycles. The molecular formula is C11H17N3O3. The van der Waals surface area contributed by atoms with Crippen LogP contribution in [0.3, 0.4) is 0 Å². The largest absolute Gasteiger partial charge is 0.397 e. The molecule has 1 rings (SSSR count). The normalized spacial score (nSPS) is 11.2. The third-order valence-electron chi connectivity index (χ3n) is 2.47. The zero-order valence-corrected chi connectivity index (χ0v) is 9.60. The maximum atomic E-state index is 10.9. The zero-order valence-electron chi connectivity index (χ0n) is 9.60. The second-order valence-electron chi connectivity index (χ2n) is 4.17. The molecule has 0 atom stereocenters. The van der Waals surface area contributed by atoms with Gasteiger partial charge in [-0.15, -0.1) is 0 Å². The van der Waals surface area contributed by atoms with Gasteiger partial charge >= 0.3 is 0 Å². The van der Waals surface area contributed by atoms with Gasteiger partial charge in [-0.2, -0.15) is 0 Å². The highest BCUT2D eigenvalue weighted by Crippen LogP contribution is 2.23. The third kappa shape index (κ3) is 3.08. The van der Waals surface area contributed by atoms with Crippen molar-refractivity contribution in [2.24, 2.45) is 5.73 Å². The van der Waals surface area contributed by atoms with Gasteiger partial charge in [-0.1, -0.05) is 0 Å². The molecule has 17 heavy (non-hydrogen) atoms. The summed E-state index contributed by atoms with van der Waals surface area (Å²) in [7, 11) is 0. The fourth-order valence-corrected chi connectivity index (χ4v) is 1.28. The van der Waals surface area contributed by atoms with Gasteiger partial charge in [0, 0.05) is 5.56 Å². The average molecular weight is 239 g/mol. The number of anilines is 2. The predicted octanol–water partition coefficient (Wildman–Crippen LogP) is -0.477. The van der Waals surface area contributed by atoms with Gasteiger partial charge in [-0.3, -0.25) is 4.79 Å². The van der Waals surface area contributed by atoms with Crippen LogP contribution in [0.5, 0.6) is 0 Å². The molecule has 0 unspecified atom stereocenters. The van der Waals surface area contributed by atoms with Crippen LogP contribution < -0.4 is 16.8 Å². The molecule has 0 aliphatic carbocycles. The first-order chi connectivity index (χ1) is 7.91. The van der Waals surface area contributed by atoms with Crippen LogP contribution in [0.1, 0.15) is 17.3 Å². The van der Waals surface area contributed by atoms with E-state index in [4.69, 9.17) is 21.7 Å². The van der Waals surface area contributed by atoms with Crippen LogP contribution in [0.2, 0.25) is 0 Å². The van der Waals surface area contributed by atoms with Crippen LogP contribution in [0.15, 0.2) is 18.2 Å². The Morgan fingerprint density at radius 2 is 2.00 bits per heavy atom. The first-order valence-electron chi connectivity index (χ1n) is 5.11. The van der Waals surface area contributed by atoms with Crippen molar-refractivity contribution in [2.45, 2.75) is 12.5 Å². The Hall–Kier alpha value is -1.79. The lowest BCUT2D eigenvalue weighted by molar-refractivity contribution is 0.100. The second kappa shape index (κ2) is 5.03. The molecular weight excluding hydrogens is 222 g/mol.